The smallest absolute Gasteiger partial charge is 0.302 e. The normalized spacial score (nSPS) is 51.2. The minimum Gasteiger partial charge on any atom is -0.462 e. The summed E-state index contributed by atoms with van der Waals surface area (Å²) in [4.78, 5) is 38.3. The Morgan fingerprint density at radius 2 is 1.63 bits per heavy atom. The number of rotatable bonds is 2. The van der Waals surface area contributed by atoms with Crippen molar-refractivity contribution >= 4 is 17.5 Å². The maximum absolute atomic E-state index is 14.2. The fourth-order valence-corrected chi connectivity index (χ4v) is 10.2. The van der Waals surface area contributed by atoms with Crippen molar-refractivity contribution in [1.29, 1.82) is 0 Å². The molecule has 0 radical (unpaired) electrons. The third kappa shape index (κ3) is 3.39. The van der Waals surface area contributed by atoms with Crippen LogP contribution in [0.15, 0.2) is 11.6 Å². The summed E-state index contributed by atoms with van der Waals surface area (Å²) in [7, 11) is 0. The molecule has 5 heteroatoms. The number of hydrogen-bond acceptors (Lipinski definition) is 5. The molecule has 5 nitrogen and oxygen atoms in total. The van der Waals surface area contributed by atoms with E-state index >= 15 is 0 Å². The molecule has 0 bridgehead atoms. The van der Waals surface area contributed by atoms with Crippen molar-refractivity contribution < 1.29 is 19.1 Å². The van der Waals surface area contributed by atoms with E-state index in [1.54, 1.807) is 6.92 Å². The van der Waals surface area contributed by atoms with E-state index in [-0.39, 0.29) is 57.6 Å². The molecule has 0 aromatic heterocycles. The molecule has 0 spiro atoms. The average molecular weight is 484 g/mol. The molecular formula is C30H45NO4. The van der Waals surface area contributed by atoms with Crippen molar-refractivity contribution in [2.24, 2.45) is 51.6 Å². The highest BCUT2D eigenvalue weighted by Crippen LogP contribution is 2.70. The molecule has 194 valence electrons. The van der Waals surface area contributed by atoms with Gasteiger partial charge < -0.3 is 10.5 Å². The van der Waals surface area contributed by atoms with E-state index in [9.17, 15) is 14.4 Å². The first-order valence-electron chi connectivity index (χ1n) is 14.0. The number of fused-ring (bicyclic) bond motifs is 7. The number of hydrogen-bond donors (Lipinski definition) is 1. The predicted molar refractivity (Wildman–Crippen MR) is 135 cm³/mol. The molecule has 35 heavy (non-hydrogen) atoms. The maximum Gasteiger partial charge on any atom is 0.302 e. The third-order valence-corrected chi connectivity index (χ3v) is 12.2. The van der Waals surface area contributed by atoms with Gasteiger partial charge in [-0.1, -0.05) is 27.7 Å². The van der Waals surface area contributed by atoms with Gasteiger partial charge in [-0.25, -0.2) is 0 Å². The number of carbonyl (C=O) groups is 3. The third-order valence-electron chi connectivity index (χ3n) is 12.2. The number of nitrogens with two attached hydrogens (primary N) is 1. The van der Waals surface area contributed by atoms with E-state index < -0.39 is 5.54 Å². The van der Waals surface area contributed by atoms with Crippen molar-refractivity contribution in [2.75, 3.05) is 0 Å². The molecule has 0 amide bonds. The van der Waals surface area contributed by atoms with Gasteiger partial charge in [-0.3, -0.25) is 14.4 Å². The van der Waals surface area contributed by atoms with Crippen molar-refractivity contribution in [1.82, 2.24) is 0 Å². The van der Waals surface area contributed by atoms with Crippen molar-refractivity contribution in [3.8, 4) is 0 Å². The zero-order valence-electron chi connectivity index (χ0n) is 22.6. The summed E-state index contributed by atoms with van der Waals surface area (Å²) in [5.41, 5.74) is 7.67. The summed E-state index contributed by atoms with van der Waals surface area (Å²) in [5, 5.41) is 0. The fourth-order valence-electron chi connectivity index (χ4n) is 10.2. The molecule has 2 N–H and O–H groups in total. The van der Waals surface area contributed by atoms with Gasteiger partial charge in [-0.2, -0.15) is 0 Å². The Balaban J connectivity index is 1.54. The Labute approximate surface area is 211 Å². The molecule has 0 saturated heterocycles. The van der Waals surface area contributed by atoms with Crippen LogP contribution in [0.2, 0.25) is 0 Å². The maximum atomic E-state index is 14.2. The van der Waals surface area contributed by atoms with Crippen LogP contribution >= 0.6 is 0 Å². The largest absolute Gasteiger partial charge is 0.462 e. The minimum absolute atomic E-state index is 0.000913. The van der Waals surface area contributed by atoms with Gasteiger partial charge in [0.1, 0.15) is 11.9 Å². The van der Waals surface area contributed by atoms with E-state index in [1.807, 2.05) is 6.08 Å². The van der Waals surface area contributed by atoms with Gasteiger partial charge >= 0.3 is 5.97 Å². The summed E-state index contributed by atoms with van der Waals surface area (Å²) >= 11 is 0. The minimum atomic E-state index is -0.577. The summed E-state index contributed by atoms with van der Waals surface area (Å²) < 4.78 is 5.70. The highest BCUT2D eigenvalue weighted by molar-refractivity contribution is 5.95. The van der Waals surface area contributed by atoms with Crippen LogP contribution in [-0.2, 0) is 19.1 Å². The Morgan fingerprint density at radius 1 is 0.971 bits per heavy atom. The van der Waals surface area contributed by atoms with Crippen LogP contribution in [0.5, 0.6) is 0 Å². The van der Waals surface area contributed by atoms with Crippen LogP contribution < -0.4 is 5.73 Å². The monoisotopic (exact) mass is 483 g/mol. The Kier molecular flexibility index (Phi) is 5.76. The number of Topliss-reactive ketones (excluding diaryl/α,β-unsaturated/α-hetero) is 1. The quantitative estimate of drug-likeness (QED) is 0.532. The Bertz CT molecular complexity index is 987. The standard InChI is InChI=1S/C30H45NO4/c1-17-21-9-13-29(6)22-8-12-27(4)11-7-20(18(2)32)16-30(27,31)23(22)15-24(34)26(29)28(21,5)14-10-25(17)35-19(3)33/h15,17,20-22,25-26H,7-14,16,31H2,1-6H3/t17?,20?,21?,22?,25-,26+,27+,28?,29?,30?/m0/s1. The number of esters is 1. The molecule has 5 aliphatic rings. The van der Waals surface area contributed by atoms with Crippen LogP contribution in [0.4, 0.5) is 0 Å². The van der Waals surface area contributed by atoms with Gasteiger partial charge in [-0.05, 0) is 110 Å². The summed E-state index contributed by atoms with van der Waals surface area (Å²) in [6.07, 6.45) is 10.4. The van der Waals surface area contributed by atoms with E-state index in [1.165, 1.54) is 6.92 Å². The molecule has 4 saturated carbocycles. The first kappa shape index (κ1) is 25.2. The number of ether oxygens (including phenoxy) is 1. The number of carbonyl (C=O) groups excluding carboxylic acids is 3. The molecule has 0 aromatic carbocycles. The van der Waals surface area contributed by atoms with Crippen LogP contribution in [0.25, 0.3) is 0 Å². The van der Waals surface area contributed by atoms with Crippen LogP contribution in [0, 0.1) is 45.8 Å². The van der Waals surface area contributed by atoms with Gasteiger partial charge in [0.05, 0.1) is 0 Å². The molecule has 0 heterocycles. The lowest BCUT2D eigenvalue weighted by Crippen LogP contribution is -2.68. The first-order chi connectivity index (χ1) is 16.3. The second-order valence-electron chi connectivity index (χ2n) is 13.8. The second-order valence-corrected chi connectivity index (χ2v) is 13.8. The second kappa shape index (κ2) is 8.00. The molecule has 0 aromatic rings. The van der Waals surface area contributed by atoms with Crippen molar-refractivity contribution in [2.45, 2.75) is 111 Å². The highest BCUT2D eigenvalue weighted by Gasteiger charge is 2.67. The van der Waals surface area contributed by atoms with Crippen molar-refractivity contribution in [3.63, 3.8) is 0 Å². The highest BCUT2D eigenvalue weighted by atomic mass is 16.5. The first-order valence-corrected chi connectivity index (χ1v) is 14.0. The molecule has 5 rings (SSSR count). The SMILES string of the molecule is CC(=O)O[C@H]1CCC2(C)C(CCC3(C)C4CC[C@@]5(C)CCC(C(C)=O)CC5(N)C4=CC(=O)[C@@H]32)C1C. The van der Waals surface area contributed by atoms with Gasteiger partial charge in [0, 0.05) is 24.3 Å². The van der Waals surface area contributed by atoms with Gasteiger partial charge in [0.25, 0.3) is 0 Å². The van der Waals surface area contributed by atoms with Gasteiger partial charge in [0.15, 0.2) is 5.78 Å². The summed E-state index contributed by atoms with van der Waals surface area (Å²) in [5.74, 6) is 1.18. The molecule has 7 unspecified atom stereocenters. The lowest BCUT2D eigenvalue weighted by atomic mass is 9.37. The Hall–Kier alpha value is -1.49. The zero-order valence-corrected chi connectivity index (χ0v) is 22.6. The van der Waals surface area contributed by atoms with Crippen LogP contribution in [0.1, 0.15) is 99.3 Å². The van der Waals surface area contributed by atoms with Gasteiger partial charge in [-0.15, -0.1) is 0 Å². The van der Waals surface area contributed by atoms with Gasteiger partial charge in [0.2, 0.25) is 0 Å². The molecular weight excluding hydrogens is 438 g/mol. The number of allylic oxidation sites excluding steroid dienone is 1. The number of ketones is 2. The summed E-state index contributed by atoms with van der Waals surface area (Å²) in [6.45, 7) is 12.4. The van der Waals surface area contributed by atoms with E-state index in [0.717, 1.165) is 56.9 Å². The van der Waals surface area contributed by atoms with Crippen LogP contribution in [0.3, 0.4) is 0 Å². The molecule has 5 aliphatic carbocycles. The van der Waals surface area contributed by atoms with E-state index in [0.29, 0.717) is 18.3 Å². The fraction of sp³-hybridized carbons (Fsp3) is 0.833. The zero-order chi connectivity index (χ0) is 25.6. The predicted octanol–water partition coefficient (Wildman–Crippen LogP) is 5.40. The Morgan fingerprint density at radius 3 is 2.29 bits per heavy atom. The van der Waals surface area contributed by atoms with E-state index in [2.05, 4.69) is 27.7 Å². The van der Waals surface area contributed by atoms with Crippen LogP contribution in [-0.4, -0.2) is 29.2 Å². The topological polar surface area (TPSA) is 86.5 Å². The summed E-state index contributed by atoms with van der Waals surface area (Å²) in [6, 6.07) is 0. The van der Waals surface area contributed by atoms with E-state index in [4.69, 9.17) is 10.5 Å². The average Bonchev–Trinajstić information content (AvgIpc) is 2.75. The van der Waals surface area contributed by atoms with Crippen molar-refractivity contribution in [3.05, 3.63) is 11.6 Å². The molecule has 10 atom stereocenters. The molecule has 0 aliphatic heterocycles. The lowest BCUT2D eigenvalue weighted by Gasteiger charge is -2.67. The molecule has 4 fully saturated rings. The lowest BCUT2D eigenvalue weighted by molar-refractivity contribution is -0.181.